The van der Waals surface area contributed by atoms with Crippen LogP contribution in [0.25, 0.3) is 0 Å². The summed E-state index contributed by atoms with van der Waals surface area (Å²) in [5.74, 6) is -0.979. The molecule has 1 aliphatic rings. The van der Waals surface area contributed by atoms with Crippen molar-refractivity contribution in [3.63, 3.8) is 0 Å². The van der Waals surface area contributed by atoms with Gasteiger partial charge < -0.3 is 15.4 Å². The second-order valence-corrected chi connectivity index (χ2v) is 5.75. The maximum absolute atomic E-state index is 12.1. The van der Waals surface area contributed by atoms with Crippen LogP contribution >= 0.6 is 0 Å². The van der Waals surface area contributed by atoms with Crippen LogP contribution in [0, 0.1) is 0 Å². The monoisotopic (exact) mass is 318 g/mol. The number of rotatable bonds is 5. The van der Waals surface area contributed by atoms with E-state index in [0.717, 1.165) is 25.7 Å². The van der Waals surface area contributed by atoms with Gasteiger partial charge in [0.25, 0.3) is 5.91 Å². The van der Waals surface area contributed by atoms with Gasteiger partial charge in [-0.15, -0.1) is 0 Å². The van der Waals surface area contributed by atoms with Crippen molar-refractivity contribution in [1.82, 2.24) is 10.6 Å². The third kappa shape index (κ3) is 4.55. The highest BCUT2D eigenvalue weighted by Crippen LogP contribution is 2.17. The summed E-state index contributed by atoms with van der Waals surface area (Å²) in [5.41, 5.74) is 0.759. The Hall–Kier alpha value is -2.37. The number of esters is 1. The van der Waals surface area contributed by atoms with Gasteiger partial charge >= 0.3 is 5.97 Å². The molecule has 124 valence electrons. The zero-order valence-electron chi connectivity index (χ0n) is 13.4. The van der Waals surface area contributed by atoms with E-state index in [4.69, 9.17) is 0 Å². The average molecular weight is 318 g/mol. The summed E-state index contributed by atoms with van der Waals surface area (Å²) in [4.78, 5) is 35.6. The van der Waals surface area contributed by atoms with Gasteiger partial charge in [-0.3, -0.25) is 9.59 Å². The van der Waals surface area contributed by atoms with Gasteiger partial charge in [0.15, 0.2) is 0 Å². The van der Waals surface area contributed by atoms with Gasteiger partial charge in [0.2, 0.25) is 5.91 Å². The summed E-state index contributed by atoms with van der Waals surface area (Å²) in [5, 5.41) is 5.62. The molecule has 0 aromatic heterocycles. The molecule has 1 aromatic rings. The summed E-state index contributed by atoms with van der Waals surface area (Å²) in [6, 6.07) is 5.71. The Morgan fingerprint density at radius 2 is 1.65 bits per heavy atom. The van der Waals surface area contributed by atoms with E-state index in [1.165, 1.54) is 31.4 Å². The molecular weight excluding hydrogens is 296 g/mol. The largest absolute Gasteiger partial charge is 0.465 e. The molecule has 1 fully saturated rings. The van der Waals surface area contributed by atoms with Crippen LogP contribution in [0.1, 0.15) is 53.3 Å². The summed E-state index contributed by atoms with van der Waals surface area (Å²) < 4.78 is 4.60. The van der Waals surface area contributed by atoms with Crippen LogP contribution < -0.4 is 10.6 Å². The summed E-state index contributed by atoms with van der Waals surface area (Å²) in [6.07, 6.45) is 4.28. The van der Waals surface area contributed by atoms with Crippen molar-refractivity contribution >= 4 is 17.8 Å². The maximum Gasteiger partial charge on any atom is 0.337 e. The van der Waals surface area contributed by atoms with Crippen molar-refractivity contribution in [2.45, 2.75) is 44.7 Å². The molecule has 0 radical (unpaired) electrons. The van der Waals surface area contributed by atoms with Crippen molar-refractivity contribution < 1.29 is 19.1 Å². The van der Waals surface area contributed by atoms with Gasteiger partial charge in [0.05, 0.1) is 12.7 Å². The Labute approximate surface area is 135 Å². The highest BCUT2D eigenvalue weighted by atomic mass is 16.5. The van der Waals surface area contributed by atoms with Crippen LogP contribution in [0.4, 0.5) is 0 Å². The lowest BCUT2D eigenvalue weighted by Gasteiger charge is -2.17. The molecule has 0 bridgehead atoms. The van der Waals surface area contributed by atoms with Crippen molar-refractivity contribution in [2.24, 2.45) is 0 Å². The highest BCUT2D eigenvalue weighted by Gasteiger charge is 2.22. The third-order valence-electron chi connectivity index (χ3n) is 4.01. The van der Waals surface area contributed by atoms with Crippen LogP contribution in [0.3, 0.4) is 0 Å². The van der Waals surface area contributed by atoms with E-state index >= 15 is 0 Å². The molecule has 0 saturated heterocycles. The molecule has 6 heteroatoms. The molecule has 1 saturated carbocycles. The molecule has 1 aliphatic carbocycles. The molecular formula is C17H22N2O4. The van der Waals surface area contributed by atoms with E-state index in [1.807, 2.05) is 0 Å². The fourth-order valence-electron chi connectivity index (χ4n) is 2.62. The lowest BCUT2D eigenvalue weighted by atomic mass is 10.1. The number of hydrogen-bond donors (Lipinski definition) is 2. The Kier molecular flexibility index (Phi) is 5.73. The number of ether oxygens (including phenoxy) is 1. The van der Waals surface area contributed by atoms with Gasteiger partial charge in [0.1, 0.15) is 6.04 Å². The zero-order chi connectivity index (χ0) is 16.8. The maximum atomic E-state index is 12.1. The number of amides is 2. The fourth-order valence-corrected chi connectivity index (χ4v) is 2.62. The minimum absolute atomic E-state index is 0.170. The second kappa shape index (κ2) is 7.76. The second-order valence-electron chi connectivity index (χ2n) is 5.75. The first-order valence-electron chi connectivity index (χ1n) is 7.81. The minimum atomic E-state index is -0.608. The SMILES string of the molecule is COC(=O)c1ccc(C(=O)NC(C)C(=O)NC2CCCC2)cc1. The molecule has 0 aliphatic heterocycles. The van der Waals surface area contributed by atoms with Crippen LogP contribution in [0.2, 0.25) is 0 Å². The molecule has 1 atom stereocenters. The number of benzene rings is 1. The predicted molar refractivity (Wildman–Crippen MR) is 85.1 cm³/mol. The van der Waals surface area contributed by atoms with E-state index in [1.54, 1.807) is 6.92 Å². The fraction of sp³-hybridized carbons (Fsp3) is 0.471. The van der Waals surface area contributed by atoms with Crippen molar-refractivity contribution in [3.05, 3.63) is 35.4 Å². The van der Waals surface area contributed by atoms with Crippen LogP contribution in [0.5, 0.6) is 0 Å². The molecule has 0 heterocycles. The molecule has 23 heavy (non-hydrogen) atoms. The third-order valence-corrected chi connectivity index (χ3v) is 4.01. The summed E-state index contributed by atoms with van der Waals surface area (Å²) >= 11 is 0. The number of carbonyl (C=O) groups excluding carboxylic acids is 3. The van der Waals surface area contributed by atoms with E-state index in [2.05, 4.69) is 15.4 Å². The molecule has 1 aromatic carbocycles. The molecule has 6 nitrogen and oxygen atoms in total. The van der Waals surface area contributed by atoms with E-state index < -0.39 is 12.0 Å². The normalized spacial score (nSPS) is 15.7. The molecule has 0 spiro atoms. The summed E-state index contributed by atoms with van der Waals surface area (Å²) in [7, 11) is 1.30. The zero-order valence-corrected chi connectivity index (χ0v) is 13.4. The van der Waals surface area contributed by atoms with E-state index in [-0.39, 0.29) is 17.9 Å². The van der Waals surface area contributed by atoms with Gasteiger partial charge in [0, 0.05) is 11.6 Å². The first kappa shape index (κ1) is 17.0. The van der Waals surface area contributed by atoms with Gasteiger partial charge in [-0.25, -0.2) is 4.79 Å². The van der Waals surface area contributed by atoms with Gasteiger partial charge in [-0.2, -0.15) is 0 Å². The Morgan fingerprint density at radius 1 is 1.09 bits per heavy atom. The molecule has 2 amide bonds. The minimum Gasteiger partial charge on any atom is -0.465 e. The Balaban J connectivity index is 1.89. The van der Waals surface area contributed by atoms with Gasteiger partial charge in [-0.05, 0) is 44.0 Å². The molecule has 2 N–H and O–H groups in total. The lowest BCUT2D eigenvalue weighted by molar-refractivity contribution is -0.123. The Morgan fingerprint density at radius 3 is 2.22 bits per heavy atom. The van der Waals surface area contributed by atoms with E-state index in [9.17, 15) is 14.4 Å². The van der Waals surface area contributed by atoms with E-state index in [0.29, 0.717) is 11.1 Å². The first-order valence-corrected chi connectivity index (χ1v) is 7.81. The molecule has 2 rings (SSSR count). The smallest absolute Gasteiger partial charge is 0.337 e. The predicted octanol–water partition coefficient (Wildman–Crippen LogP) is 1.65. The summed E-state index contributed by atoms with van der Waals surface area (Å²) in [6.45, 7) is 1.66. The molecule has 1 unspecified atom stereocenters. The lowest BCUT2D eigenvalue weighted by Crippen LogP contribution is -2.47. The van der Waals surface area contributed by atoms with Crippen molar-refractivity contribution in [1.29, 1.82) is 0 Å². The van der Waals surface area contributed by atoms with Crippen LogP contribution in [-0.4, -0.2) is 37.0 Å². The van der Waals surface area contributed by atoms with Crippen LogP contribution in [-0.2, 0) is 9.53 Å². The van der Waals surface area contributed by atoms with Crippen molar-refractivity contribution in [2.75, 3.05) is 7.11 Å². The number of hydrogen-bond acceptors (Lipinski definition) is 4. The number of carbonyl (C=O) groups is 3. The highest BCUT2D eigenvalue weighted by molar-refractivity contribution is 5.98. The topological polar surface area (TPSA) is 84.5 Å². The van der Waals surface area contributed by atoms with Gasteiger partial charge in [-0.1, -0.05) is 12.8 Å². The van der Waals surface area contributed by atoms with Crippen molar-refractivity contribution in [3.8, 4) is 0 Å². The van der Waals surface area contributed by atoms with Crippen LogP contribution in [0.15, 0.2) is 24.3 Å². The quantitative estimate of drug-likeness (QED) is 0.809. The Bertz CT molecular complexity index is 577. The number of methoxy groups -OCH3 is 1. The average Bonchev–Trinajstić information content (AvgIpc) is 3.07. The standard InChI is InChI=1S/C17H22N2O4/c1-11(15(20)19-14-5-3-4-6-14)18-16(21)12-7-9-13(10-8-12)17(22)23-2/h7-11,14H,3-6H2,1-2H3,(H,18,21)(H,19,20). The first-order chi connectivity index (χ1) is 11.0. The number of nitrogens with one attached hydrogen (secondary N) is 2.